The van der Waals surface area contributed by atoms with Gasteiger partial charge in [0.1, 0.15) is 11.9 Å². The van der Waals surface area contributed by atoms with Crippen molar-refractivity contribution in [1.29, 1.82) is 0 Å². The van der Waals surface area contributed by atoms with Crippen LogP contribution in [0.2, 0.25) is 0 Å². The van der Waals surface area contributed by atoms with E-state index < -0.39 is 6.10 Å². The zero-order valence-electron chi connectivity index (χ0n) is 15.3. The van der Waals surface area contributed by atoms with E-state index in [9.17, 15) is 9.90 Å². The summed E-state index contributed by atoms with van der Waals surface area (Å²) in [5, 5.41) is 10.5. The molecule has 0 spiro atoms. The zero-order valence-corrected chi connectivity index (χ0v) is 16.1. The standard InChI is InChI=1S/C20H24N2O3S/c1-21(2)12-13-22-16-6-4-5-7-17(16)26-19(18(23)20(22)24)14-8-10-15(25-3)11-9-14/h4-11,18-19,23H,12-13H2,1-3H3/t18-,19-/m0/s1. The Balaban J connectivity index is 1.97. The third-order valence-electron chi connectivity index (χ3n) is 4.43. The Morgan fingerprint density at radius 1 is 1.15 bits per heavy atom. The number of benzene rings is 2. The number of nitrogens with zero attached hydrogens (tertiary/aromatic N) is 2. The number of hydrogen-bond donors (Lipinski definition) is 1. The van der Waals surface area contributed by atoms with Gasteiger partial charge >= 0.3 is 0 Å². The van der Waals surface area contributed by atoms with Gasteiger partial charge in [0.05, 0.1) is 18.0 Å². The lowest BCUT2D eigenvalue weighted by atomic mass is 10.1. The van der Waals surface area contributed by atoms with Crippen LogP contribution in [-0.4, -0.2) is 56.3 Å². The van der Waals surface area contributed by atoms with E-state index in [4.69, 9.17) is 4.74 Å². The van der Waals surface area contributed by atoms with Crippen molar-refractivity contribution in [2.45, 2.75) is 16.2 Å². The van der Waals surface area contributed by atoms with Crippen LogP contribution in [0.25, 0.3) is 0 Å². The van der Waals surface area contributed by atoms with E-state index in [2.05, 4.69) is 0 Å². The lowest BCUT2D eigenvalue weighted by molar-refractivity contribution is -0.126. The molecule has 0 bridgehead atoms. The normalized spacial score (nSPS) is 20.0. The van der Waals surface area contributed by atoms with Gasteiger partial charge in [-0.1, -0.05) is 24.3 Å². The van der Waals surface area contributed by atoms with Gasteiger partial charge in [0.2, 0.25) is 0 Å². The van der Waals surface area contributed by atoms with Gasteiger partial charge in [-0.15, -0.1) is 11.8 Å². The second-order valence-corrected chi connectivity index (χ2v) is 7.70. The van der Waals surface area contributed by atoms with Crippen LogP contribution in [0, 0.1) is 0 Å². The lowest BCUT2D eigenvalue weighted by Crippen LogP contribution is -2.43. The lowest BCUT2D eigenvalue weighted by Gasteiger charge is -2.26. The number of aliphatic hydroxyl groups excluding tert-OH is 1. The zero-order chi connectivity index (χ0) is 18.7. The van der Waals surface area contributed by atoms with E-state index >= 15 is 0 Å². The molecule has 5 nitrogen and oxygen atoms in total. The molecule has 2 atom stereocenters. The highest BCUT2D eigenvalue weighted by Crippen LogP contribution is 2.45. The van der Waals surface area contributed by atoms with Crippen molar-refractivity contribution in [2.75, 3.05) is 39.2 Å². The Kier molecular flexibility index (Phi) is 5.86. The predicted octanol–water partition coefficient (Wildman–Crippen LogP) is 2.80. The number of thioether (sulfide) groups is 1. The first kappa shape index (κ1) is 18.8. The molecule has 138 valence electrons. The van der Waals surface area contributed by atoms with Crippen LogP contribution in [0.1, 0.15) is 10.8 Å². The summed E-state index contributed by atoms with van der Waals surface area (Å²) in [6, 6.07) is 15.4. The van der Waals surface area contributed by atoms with Crippen LogP contribution >= 0.6 is 11.8 Å². The summed E-state index contributed by atoms with van der Waals surface area (Å²) < 4.78 is 5.21. The molecule has 0 saturated carbocycles. The molecule has 0 aliphatic carbocycles. The first-order valence-electron chi connectivity index (χ1n) is 8.55. The monoisotopic (exact) mass is 372 g/mol. The molecule has 1 aliphatic rings. The number of carbonyl (C=O) groups is 1. The maximum absolute atomic E-state index is 13.0. The average molecular weight is 372 g/mol. The summed E-state index contributed by atoms with van der Waals surface area (Å²) in [6.07, 6.45) is -1.11. The maximum Gasteiger partial charge on any atom is 0.257 e. The molecule has 0 unspecified atom stereocenters. The van der Waals surface area contributed by atoms with Gasteiger partial charge in [0.15, 0.2) is 0 Å². The Morgan fingerprint density at radius 3 is 2.50 bits per heavy atom. The van der Waals surface area contributed by atoms with Gasteiger partial charge in [-0.25, -0.2) is 0 Å². The average Bonchev–Trinajstić information content (AvgIpc) is 2.76. The second-order valence-electron chi connectivity index (χ2n) is 6.52. The first-order valence-corrected chi connectivity index (χ1v) is 9.43. The quantitative estimate of drug-likeness (QED) is 0.875. The van der Waals surface area contributed by atoms with E-state index in [1.165, 1.54) is 11.8 Å². The highest BCUT2D eigenvalue weighted by Gasteiger charge is 2.37. The smallest absolute Gasteiger partial charge is 0.257 e. The van der Waals surface area contributed by atoms with Gasteiger partial charge in [0.25, 0.3) is 5.91 Å². The number of rotatable bonds is 5. The Labute approximate surface area is 158 Å². The fourth-order valence-corrected chi connectivity index (χ4v) is 4.23. The van der Waals surface area contributed by atoms with Gasteiger partial charge < -0.3 is 19.6 Å². The summed E-state index contributed by atoms with van der Waals surface area (Å²) in [7, 11) is 5.56. The number of anilines is 1. The molecule has 2 aromatic carbocycles. The number of para-hydroxylation sites is 1. The molecule has 0 fully saturated rings. The number of ether oxygens (including phenoxy) is 1. The number of amides is 1. The van der Waals surface area contributed by atoms with Crippen molar-refractivity contribution in [3.63, 3.8) is 0 Å². The van der Waals surface area contributed by atoms with Gasteiger partial charge in [-0.05, 0) is 43.9 Å². The fourth-order valence-electron chi connectivity index (χ4n) is 2.96. The van der Waals surface area contributed by atoms with E-state index in [1.807, 2.05) is 67.5 Å². The Hall–Kier alpha value is -2.02. The largest absolute Gasteiger partial charge is 0.497 e. The molecule has 1 aliphatic heterocycles. The van der Waals surface area contributed by atoms with Gasteiger partial charge in [0, 0.05) is 18.0 Å². The molecule has 1 amide bonds. The number of likely N-dealkylation sites (N-methyl/N-ethyl adjacent to an activating group) is 1. The van der Waals surface area contributed by atoms with Crippen LogP contribution < -0.4 is 9.64 Å². The Bertz CT molecular complexity index is 764. The third kappa shape index (κ3) is 3.87. The summed E-state index contributed by atoms with van der Waals surface area (Å²) in [5.74, 6) is 0.492. The van der Waals surface area contributed by atoms with Gasteiger partial charge in [-0.3, -0.25) is 4.79 Å². The second kappa shape index (κ2) is 8.12. The molecule has 26 heavy (non-hydrogen) atoms. The molecule has 0 saturated heterocycles. The minimum atomic E-state index is -1.11. The highest BCUT2D eigenvalue weighted by atomic mass is 32.2. The molecule has 0 aromatic heterocycles. The SMILES string of the molecule is COc1ccc([C@@H]2Sc3ccccc3N(CCN(C)C)C(=O)[C@H]2O)cc1. The maximum atomic E-state index is 13.0. The fraction of sp³-hybridized carbons (Fsp3) is 0.350. The van der Waals surface area contributed by atoms with E-state index in [0.717, 1.165) is 28.4 Å². The van der Waals surface area contributed by atoms with Crippen LogP contribution in [0.5, 0.6) is 5.75 Å². The number of aliphatic hydroxyl groups is 1. The van der Waals surface area contributed by atoms with Crippen molar-refractivity contribution in [3.05, 3.63) is 54.1 Å². The minimum Gasteiger partial charge on any atom is -0.497 e. The summed E-state index contributed by atoms with van der Waals surface area (Å²) in [4.78, 5) is 17.8. The van der Waals surface area contributed by atoms with Crippen LogP contribution in [-0.2, 0) is 4.79 Å². The van der Waals surface area contributed by atoms with Crippen molar-refractivity contribution in [2.24, 2.45) is 0 Å². The van der Waals surface area contributed by atoms with Crippen molar-refractivity contribution >= 4 is 23.4 Å². The first-order chi connectivity index (χ1) is 12.5. The van der Waals surface area contributed by atoms with E-state index in [0.29, 0.717) is 6.54 Å². The minimum absolute atomic E-state index is 0.259. The molecule has 0 radical (unpaired) electrons. The summed E-state index contributed by atoms with van der Waals surface area (Å²) in [6.45, 7) is 1.26. The molecule has 1 N–H and O–H groups in total. The molecular formula is C20H24N2O3S. The van der Waals surface area contributed by atoms with E-state index in [-0.39, 0.29) is 11.2 Å². The molecule has 1 heterocycles. The van der Waals surface area contributed by atoms with Crippen LogP contribution in [0.15, 0.2) is 53.4 Å². The number of carbonyl (C=O) groups excluding carboxylic acids is 1. The Morgan fingerprint density at radius 2 is 1.85 bits per heavy atom. The van der Waals surface area contributed by atoms with Gasteiger partial charge in [-0.2, -0.15) is 0 Å². The third-order valence-corrected chi connectivity index (χ3v) is 5.81. The van der Waals surface area contributed by atoms with Crippen LogP contribution in [0.4, 0.5) is 5.69 Å². The number of hydrogen-bond acceptors (Lipinski definition) is 5. The van der Waals surface area contributed by atoms with Crippen molar-refractivity contribution in [3.8, 4) is 5.75 Å². The summed E-state index contributed by atoms with van der Waals surface area (Å²) in [5.41, 5.74) is 1.76. The van der Waals surface area contributed by atoms with Crippen molar-refractivity contribution < 1.29 is 14.6 Å². The highest BCUT2D eigenvalue weighted by molar-refractivity contribution is 7.99. The number of methoxy groups -OCH3 is 1. The predicted molar refractivity (Wildman–Crippen MR) is 105 cm³/mol. The van der Waals surface area contributed by atoms with Crippen molar-refractivity contribution in [1.82, 2.24) is 4.90 Å². The topological polar surface area (TPSA) is 53.0 Å². The summed E-state index contributed by atoms with van der Waals surface area (Å²) >= 11 is 1.53. The number of fused-ring (bicyclic) bond motifs is 1. The molecule has 6 heteroatoms. The molecule has 2 aromatic rings. The van der Waals surface area contributed by atoms with Crippen LogP contribution in [0.3, 0.4) is 0 Å². The molecule has 3 rings (SSSR count). The molecular weight excluding hydrogens is 348 g/mol. The van der Waals surface area contributed by atoms with E-state index in [1.54, 1.807) is 12.0 Å².